The van der Waals surface area contributed by atoms with Crippen LogP contribution in [0.15, 0.2) is 0 Å². The zero-order chi connectivity index (χ0) is 11.5. The molecule has 0 saturated carbocycles. The van der Waals surface area contributed by atoms with Crippen molar-refractivity contribution in [2.45, 2.75) is 32.7 Å². The molecule has 0 aliphatic heterocycles. The van der Waals surface area contributed by atoms with E-state index in [-0.39, 0.29) is 18.7 Å². The summed E-state index contributed by atoms with van der Waals surface area (Å²) < 4.78 is 9.80. The van der Waals surface area contributed by atoms with Gasteiger partial charge in [-0.1, -0.05) is 13.3 Å². The molecule has 0 aliphatic carbocycles. The highest BCUT2D eigenvalue weighted by Gasteiger charge is 2.15. The third-order valence-electron chi connectivity index (χ3n) is 1.88. The maximum absolute atomic E-state index is 11.5. The van der Waals surface area contributed by atoms with E-state index >= 15 is 0 Å². The molecule has 0 radical (unpaired) electrons. The summed E-state index contributed by atoms with van der Waals surface area (Å²) in [5.41, 5.74) is 0. The lowest BCUT2D eigenvalue weighted by Gasteiger charge is -2.17. The second kappa shape index (κ2) is 9.89. The maximum atomic E-state index is 11.5. The van der Waals surface area contributed by atoms with Crippen LogP contribution in [0.4, 0.5) is 0 Å². The number of hydrogen-bond donors (Lipinski definition) is 2. The molecule has 0 spiro atoms. The van der Waals surface area contributed by atoms with Crippen LogP contribution in [0.5, 0.6) is 0 Å². The zero-order valence-electron chi connectivity index (χ0n) is 9.84. The molecule has 1 atom stereocenters. The summed E-state index contributed by atoms with van der Waals surface area (Å²) in [7, 11) is 1.56. The van der Waals surface area contributed by atoms with Crippen molar-refractivity contribution in [3.05, 3.63) is 0 Å². The zero-order valence-corrected chi connectivity index (χ0v) is 9.84. The molecule has 0 saturated heterocycles. The second-order valence-electron chi connectivity index (χ2n) is 3.19. The predicted molar refractivity (Wildman–Crippen MR) is 58.3 cm³/mol. The molecule has 0 bridgehead atoms. The van der Waals surface area contributed by atoms with Gasteiger partial charge in [-0.15, -0.1) is 0 Å². The normalized spacial score (nSPS) is 12.5. The van der Waals surface area contributed by atoms with Crippen LogP contribution < -0.4 is 10.6 Å². The Bertz CT molecular complexity index is 165. The Kier molecular flexibility index (Phi) is 9.46. The van der Waals surface area contributed by atoms with Crippen LogP contribution in [0.3, 0.4) is 0 Å². The second-order valence-corrected chi connectivity index (χ2v) is 3.19. The van der Waals surface area contributed by atoms with Crippen molar-refractivity contribution in [2.24, 2.45) is 0 Å². The van der Waals surface area contributed by atoms with E-state index in [9.17, 15) is 4.79 Å². The summed E-state index contributed by atoms with van der Waals surface area (Å²) in [5, 5.41) is 5.81. The van der Waals surface area contributed by atoms with Gasteiger partial charge in [-0.05, 0) is 13.3 Å². The highest BCUT2D eigenvalue weighted by Crippen LogP contribution is 1.96. The van der Waals surface area contributed by atoms with Crippen molar-refractivity contribution in [3.63, 3.8) is 0 Å². The third-order valence-corrected chi connectivity index (χ3v) is 1.88. The van der Waals surface area contributed by atoms with Gasteiger partial charge >= 0.3 is 0 Å². The van der Waals surface area contributed by atoms with Crippen molar-refractivity contribution < 1.29 is 14.3 Å². The Hall–Kier alpha value is -0.650. The van der Waals surface area contributed by atoms with Gasteiger partial charge in [0.1, 0.15) is 6.79 Å². The SMILES string of the molecule is CCCC(NCOCOC)C(=O)NCC. The lowest BCUT2D eigenvalue weighted by molar-refractivity contribution is -0.124. The first kappa shape index (κ1) is 14.3. The predicted octanol–water partition coefficient (Wildman–Crippen LogP) is 0.459. The number of hydrogen-bond acceptors (Lipinski definition) is 4. The highest BCUT2D eigenvalue weighted by atomic mass is 16.7. The number of rotatable bonds is 9. The number of carbonyl (C=O) groups is 1. The molecule has 5 nitrogen and oxygen atoms in total. The third kappa shape index (κ3) is 7.30. The summed E-state index contributed by atoms with van der Waals surface area (Å²) in [6, 6.07) is -0.174. The molecule has 0 aliphatic rings. The molecule has 0 aromatic rings. The average molecular weight is 218 g/mol. The smallest absolute Gasteiger partial charge is 0.237 e. The Morgan fingerprint density at radius 1 is 1.40 bits per heavy atom. The van der Waals surface area contributed by atoms with Crippen LogP contribution in [0.25, 0.3) is 0 Å². The minimum Gasteiger partial charge on any atom is -0.359 e. The molecular formula is C10H22N2O3. The first-order chi connectivity index (χ1) is 7.26. The number of likely N-dealkylation sites (N-methyl/N-ethyl adjacent to an activating group) is 1. The molecule has 0 aromatic heterocycles. The highest BCUT2D eigenvalue weighted by molar-refractivity contribution is 5.81. The van der Waals surface area contributed by atoms with Gasteiger partial charge < -0.3 is 14.8 Å². The standard InChI is InChI=1S/C10H22N2O3/c1-4-6-9(10(13)11-5-2)12-7-15-8-14-3/h9,12H,4-8H2,1-3H3,(H,11,13). The van der Waals surface area contributed by atoms with Crippen LogP contribution in [0.2, 0.25) is 0 Å². The molecule has 0 aromatic carbocycles. The lowest BCUT2D eigenvalue weighted by atomic mass is 10.1. The fourth-order valence-corrected chi connectivity index (χ4v) is 1.20. The summed E-state index contributed by atoms with van der Waals surface area (Å²) in [6.45, 7) is 5.17. The van der Waals surface area contributed by atoms with Gasteiger partial charge in [0.2, 0.25) is 5.91 Å². The lowest BCUT2D eigenvalue weighted by Crippen LogP contribution is -2.44. The van der Waals surface area contributed by atoms with E-state index in [1.165, 1.54) is 0 Å². The van der Waals surface area contributed by atoms with E-state index in [1.807, 2.05) is 13.8 Å². The minimum atomic E-state index is -0.174. The molecule has 0 fully saturated rings. The van der Waals surface area contributed by atoms with Gasteiger partial charge in [0.15, 0.2) is 0 Å². The van der Waals surface area contributed by atoms with Gasteiger partial charge in [-0.3, -0.25) is 10.1 Å². The number of methoxy groups -OCH3 is 1. The fourth-order valence-electron chi connectivity index (χ4n) is 1.20. The van der Waals surface area contributed by atoms with E-state index in [1.54, 1.807) is 7.11 Å². The molecule has 15 heavy (non-hydrogen) atoms. The van der Waals surface area contributed by atoms with Crippen LogP contribution in [0.1, 0.15) is 26.7 Å². The molecule has 0 heterocycles. The monoisotopic (exact) mass is 218 g/mol. The largest absolute Gasteiger partial charge is 0.359 e. The summed E-state index contributed by atoms with van der Waals surface area (Å²) >= 11 is 0. The summed E-state index contributed by atoms with van der Waals surface area (Å²) in [6.07, 6.45) is 1.77. The molecule has 1 amide bonds. The first-order valence-corrected chi connectivity index (χ1v) is 5.34. The summed E-state index contributed by atoms with van der Waals surface area (Å²) in [5.74, 6) is 0.0281. The average Bonchev–Trinajstić information content (AvgIpc) is 2.23. The van der Waals surface area contributed by atoms with Crippen molar-refractivity contribution in [2.75, 3.05) is 27.2 Å². The number of carbonyl (C=O) groups excluding carboxylic acids is 1. The van der Waals surface area contributed by atoms with Crippen LogP contribution >= 0.6 is 0 Å². The number of ether oxygens (including phenoxy) is 2. The Morgan fingerprint density at radius 3 is 2.67 bits per heavy atom. The Morgan fingerprint density at radius 2 is 2.13 bits per heavy atom. The molecular weight excluding hydrogens is 196 g/mol. The molecule has 0 rings (SSSR count). The van der Waals surface area contributed by atoms with E-state index < -0.39 is 0 Å². The van der Waals surface area contributed by atoms with Gasteiger partial charge in [-0.25, -0.2) is 0 Å². The first-order valence-electron chi connectivity index (χ1n) is 5.34. The fraction of sp³-hybridized carbons (Fsp3) is 0.900. The molecule has 5 heteroatoms. The summed E-state index contributed by atoms with van der Waals surface area (Å²) in [4.78, 5) is 11.5. The Balaban J connectivity index is 3.76. The maximum Gasteiger partial charge on any atom is 0.237 e. The van der Waals surface area contributed by atoms with Gasteiger partial charge in [0.25, 0.3) is 0 Å². The van der Waals surface area contributed by atoms with Crippen LogP contribution in [-0.2, 0) is 14.3 Å². The van der Waals surface area contributed by atoms with Crippen molar-refractivity contribution in [1.29, 1.82) is 0 Å². The van der Waals surface area contributed by atoms with E-state index in [0.29, 0.717) is 13.3 Å². The molecule has 90 valence electrons. The van der Waals surface area contributed by atoms with Gasteiger partial charge in [0.05, 0.1) is 12.8 Å². The number of amides is 1. The quantitative estimate of drug-likeness (QED) is 0.436. The van der Waals surface area contributed by atoms with E-state index in [2.05, 4.69) is 10.6 Å². The van der Waals surface area contributed by atoms with Crippen molar-refractivity contribution >= 4 is 5.91 Å². The van der Waals surface area contributed by atoms with Crippen LogP contribution in [-0.4, -0.2) is 39.1 Å². The minimum absolute atomic E-state index is 0.0281. The molecule has 2 N–H and O–H groups in total. The van der Waals surface area contributed by atoms with Gasteiger partial charge in [0, 0.05) is 13.7 Å². The van der Waals surface area contributed by atoms with Crippen molar-refractivity contribution in [1.82, 2.24) is 10.6 Å². The van der Waals surface area contributed by atoms with Gasteiger partial charge in [-0.2, -0.15) is 0 Å². The topological polar surface area (TPSA) is 59.6 Å². The number of nitrogens with one attached hydrogen (secondary N) is 2. The van der Waals surface area contributed by atoms with Crippen LogP contribution in [0, 0.1) is 0 Å². The van der Waals surface area contributed by atoms with Crippen molar-refractivity contribution in [3.8, 4) is 0 Å². The Labute approximate surface area is 91.5 Å². The molecule has 1 unspecified atom stereocenters. The van der Waals surface area contributed by atoms with E-state index in [4.69, 9.17) is 9.47 Å². The van der Waals surface area contributed by atoms with E-state index in [0.717, 1.165) is 12.8 Å².